The lowest BCUT2D eigenvalue weighted by Gasteiger charge is -2.17. The average Bonchev–Trinajstić information content (AvgIpc) is 3.27. The first-order valence-corrected chi connectivity index (χ1v) is 10.9. The summed E-state index contributed by atoms with van der Waals surface area (Å²) in [5, 5.41) is 3.21. The van der Waals surface area contributed by atoms with Crippen molar-refractivity contribution >= 4 is 27.5 Å². The fourth-order valence-electron chi connectivity index (χ4n) is 2.86. The highest BCUT2D eigenvalue weighted by atomic mass is 35.5. The minimum Gasteiger partial charge on any atom is -0.496 e. The highest BCUT2D eigenvalue weighted by Crippen LogP contribution is 2.22. The average molecular weight is 449 g/mol. The fourth-order valence-corrected chi connectivity index (χ4v) is 4.19. The highest BCUT2D eigenvalue weighted by Gasteiger charge is 2.25. The molecule has 0 spiro atoms. The number of furan rings is 1. The number of carbonyl (C=O) groups is 1. The van der Waals surface area contributed by atoms with Crippen molar-refractivity contribution in [2.75, 3.05) is 7.11 Å². The van der Waals surface area contributed by atoms with Crippen LogP contribution in [-0.4, -0.2) is 21.4 Å². The lowest BCUT2D eigenvalue weighted by atomic mass is 10.1. The van der Waals surface area contributed by atoms with E-state index in [0.717, 1.165) is 5.56 Å². The van der Waals surface area contributed by atoms with E-state index in [0.29, 0.717) is 16.5 Å². The van der Waals surface area contributed by atoms with Gasteiger partial charge in [0.2, 0.25) is 15.9 Å². The molecule has 0 fully saturated rings. The summed E-state index contributed by atoms with van der Waals surface area (Å²) in [6.45, 7) is 0.248. The van der Waals surface area contributed by atoms with Gasteiger partial charge in [-0.2, -0.15) is 4.72 Å². The number of benzene rings is 2. The number of para-hydroxylation sites is 1. The zero-order valence-electron chi connectivity index (χ0n) is 16.2. The minimum atomic E-state index is -3.89. The van der Waals surface area contributed by atoms with E-state index in [1.807, 2.05) is 18.2 Å². The number of nitrogens with one attached hydrogen (secondary N) is 2. The van der Waals surface area contributed by atoms with Gasteiger partial charge in [0.15, 0.2) is 0 Å². The van der Waals surface area contributed by atoms with E-state index < -0.39 is 16.1 Å². The predicted octanol–water partition coefficient (Wildman–Crippen LogP) is 3.67. The van der Waals surface area contributed by atoms with Crippen molar-refractivity contribution in [3.05, 3.63) is 83.3 Å². The molecule has 0 aliphatic carbocycles. The lowest BCUT2D eigenvalue weighted by Crippen LogP contribution is -2.33. The number of methoxy groups -OCH3 is 1. The van der Waals surface area contributed by atoms with E-state index in [-0.39, 0.29) is 23.8 Å². The van der Waals surface area contributed by atoms with Gasteiger partial charge in [-0.05, 0) is 42.5 Å². The summed E-state index contributed by atoms with van der Waals surface area (Å²) in [4.78, 5) is 12.6. The number of sulfonamides is 1. The van der Waals surface area contributed by atoms with Crippen molar-refractivity contribution in [2.45, 2.75) is 23.9 Å². The molecule has 0 radical (unpaired) electrons. The van der Waals surface area contributed by atoms with Crippen LogP contribution >= 0.6 is 11.6 Å². The summed E-state index contributed by atoms with van der Waals surface area (Å²) >= 11 is 5.83. The van der Waals surface area contributed by atoms with Crippen LogP contribution in [0.1, 0.15) is 23.8 Å². The largest absolute Gasteiger partial charge is 0.496 e. The van der Waals surface area contributed by atoms with Crippen molar-refractivity contribution in [1.29, 1.82) is 0 Å². The van der Waals surface area contributed by atoms with Crippen LogP contribution in [0.4, 0.5) is 0 Å². The Balaban J connectivity index is 1.71. The normalized spacial score (nSPS) is 12.3. The molecule has 7 nitrogen and oxygen atoms in total. The first-order chi connectivity index (χ1) is 14.4. The van der Waals surface area contributed by atoms with Crippen molar-refractivity contribution in [1.82, 2.24) is 10.0 Å². The Hall–Kier alpha value is -2.81. The third-order valence-corrected chi connectivity index (χ3v) is 6.11. The number of ether oxygens (including phenoxy) is 1. The predicted molar refractivity (Wildman–Crippen MR) is 113 cm³/mol. The molecule has 2 aromatic carbocycles. The highest BCUT2D eigenvalue weighted by molar-refractivity contribution is 7.89. The molecule has 0 saturated heterocycles. The molecular weight excluding hydrogens is 428 g/mol. The van der Waals surface area contributed by atoms with Crippen LogP contribution in [0, 0.1) is 0 Å². The molecular formula is C21H21ClN2O5S. The number of rotatable bonds is 9. The third kappa shape index (κ3) is 5.63. The second kappa shape index (κ2) is 9.80. The molecule has 0 aliphatic heterocycles. The van der Waals surface area contributed by atoms with Crippen molar-refractivity contribution in [2.24, 2.45) is 0 Å². The van der Waals surface area contributed by atoms with Crippen LogP contribution in [0.2, 0.25) is 5.02 Å². The van der Waals surface area contributed by atoms with E-state index in [2.05, 4.69) is 10.0 Å². The summed E-state index contributed by atoms with van der Waals surface area (Å²) in [5.41, 5.74) is 0.810. The van der Waals surface area contributed by atoms with Crippen LogP contribution in [0.25, 0.3) is 0 Å². The zero-order chi connectivity index (χ0) is 21.6. The molecule has 3 aromatic rings. The minimum absolute atomic E-state index is 0.0397. The maximum atomic E-state index is 12.7. The summed E-state index contributed by atoms with van der Waals surface area (Å²) in [6.07, 6.45) is 1.28. The van der Waals surface area contributed by atoms with E-state index in [1.165, 1.54) is 30.5 Å². The van der Waals surface area contributed by atoms with E-state index in [1.54, 1.807) is 25.3 Å². The molecule has 0 unspecified atom stereocenters. The molecule has 9 heteroatoms. The van der Waals surface area contributed by atoms with Crippen LogP contribution in [-0.2, 0) is 21.4 Å². The zero-order valence-corrected chi connectivity index (χ0v) is 17.7. The van der Waals surface area contributed by atoms with Crippen LogP contribution in [0.15, 0.2) is 76.2 Å². The second-order valence-electron chi connectivity index (χ2n) is 6.44. The maximum absolute atomic E-state index is 12.7. The molecule has 158 valence electrons. The van der Waals surface area contributed by atoms with Gasteiger partial charge < -0.3 is 14.5 Å². The fraction of sp³-hybridized carbons (Fsp3) is 0.190. The van der Waals surface area contributed by atoms with Gasteiger partial charge in [0.1, 0.15) is 11.5 Å². The molecule has 1 aromatic heterocycles. The van der Waals surface area contributed by atoms with Crippen LogP contribution in [0.5, 0.6) is 5.75 Å². The van der Waals surface area contributed by atoms with Gasteiger partial charge in [-0.25, -0.2) is 8.42 Å². The quantitative estimate of drug-likeness (QED) is 0.520. The van der Waals surface area contributed by atoms with E-state index >= 15 is 0 Å². The maximum Gasteiger partial charge on any atom is 0.241 e. The Kier molecular flexibility index (Phi) is 7.15. The topological polar surface area (TPSA) is 97.6 Å². The number of hydrogen-bond donors (Lipinski definition) is 2. The molecule has 1 amide bonds. The summed E-state index contributed by atoms with van der Waals surface area (Å²) in [7, 11) is -2.34. The lowest BCUT2D eigenvalue weighted by molar-refractivity contribution is -0.121. The molecule has 0 aliphatic rings. The summed E-state index contributed by atoms with van der Waals surface area (Å²) in [6, 6.07) is 15.4. The van der Waals surface area contributed by atoms with Gasteiger partial charge in [-0.1, -0.05) is 29.8 Å². The molecule has 1 atom stereocenters. The Morgan fingerprint density at radius 2 is 1.83 bits per heavy atom. The molecule has 2 N–H and O–H groups in total. The molecule has 0 saturated carbocycles. The number of hydrogen-bond acceptors (Lipinski definition) is 5. The smallest absolute Gasteiger partial charge is 0.241 e. The molecule has 1 heterocycles. The Bertz CT molecular complexity index is 1080. The summed E-state index contributed by atoms with van der Waals surface area (Å²) < 4.78 is 38.7. The molecule has 0 bridgehead atoms. The van der Waals surface area contributed by atoms with Gasteiger partial charge in [0.25, 0.3) is 0 Å². The van der Waals surface area contributed by atoms with Gasteiger partial charge in [-0.3, -0.25) is 4.79 Å². The van der Waals surface area contributed by atoms with Gasteiger partial charge in [-0.15, -0.1) is 0 Å². The van der Waals surface area contributed by atoms with Crippen LogP contribution < -0.4 is 14.8 Å². The van der Waals surface area contributed by atoms with Crippen molar-refractivity contribution < 1.29 is 22.4 Å². The second-order valence-corrected chi connectivity index (χ2v) is 8.59. The van der Waals surface area contributed by atoms with Gasteiger partial charge in [0, 0.05) is 17.1 Å². The van der Waals surface area contributed by atoms with E-state index in [4.69, 9.17) is 20.8 Å². The first-order valence-electron chi connectivity index (χ1n) is 9.09. The van der Waals surface area contributed by atoms with Crippen molar-refractivity contribution in [3.63, 3.8) is 0 Å². The molecule has 30 heavy (non-hydrogen) atoms. The Morgan fingerprint density at radius 1 is 1.10 bits per heavy atom. The number of halogens is 1. The van der Waals surface area contributed by atoms with Crippen LogP contribution in [0.3, 0.4) is 0 Å². The third-order valence-electron chi connectivity index (χ3n) is 4.37. The van der Waals surface area contributed by atoms with E-state index in [9.17, 15) is 13.2 Å². The van der Waals surface area contributed by atoms with Gasteiger partial charge in [0.05, 0.1) is 30.7 Å². The number of carbonyl (C=O) groups excluding carboxylic acids is 1. The Labute approximate surface area is 180 Å². The first kappa shape index (κ1) is 21.9. The van der Waals surface area contributed by atoms with Crippen molar-refractivity contribution in [3.8, 4) is 5.75 Å². The monoisotopic (exact) mass is 448 g/mol. The summed E-state index contributed by atoms with van der Waals surface area (Å²) in [5.74, 6) is 0.643. The number of amides is 1. The SMILES string of the molecule is COc1ccccc1CNC(=O)C[C@H](NS(=O)(=O)c1ccc(Cl)cc1)c1ccco1. The van der Waals surface area contributed by atoms with Gasteiger partial charge >= 0.3 is 0 Å². The molecule has 3 rings (SSSR count). The Morgan fingerprint density at radius 3 is 2.50 bits per heavy atom. The standard InChI is InChI=1S/C21H21ClN2O5S/c1-28-19-6-3-2-5-15(19)14-23-21(25)13-18(20-7-4-12-29-20)24-30(26,27)17-10-8-16(22)9-11-17/h2-12,18,24H,13-14H2,1H3,(H,23,25)/t18-/m0/s1.